The molecule has 21 heavy (non-hydrogen) atoms. The van der Waals surface area contributed by atoms with Gasteiger partial charge >= 0.3 is 5.97 Å². The van der Waals surface area contributed by atoms with Gasteiger partial charge in [-0.3, -0.25) is 0 Å². The first kappa shape index (κ1) is 13.5. The number of nitrogens with zero attached hydrogens (tertiary/aromatic N) is 3. The lowest BCUT2D eigenvalue weighted by Gasteiger charge is -2.04. The molecule has 0 amide bonds. The summed E-state index contributed by atoms with van der Waals surface area (Å²) < 4.78 is 19.9. The quantitative estimate of drug-likeness (QED) is 0.683. The van der Waals surface area contributed by atoms with Crippen molar-refractivity contribution in [3.8, 4) is 11.3 Å². The zero-order valence-electron chi connectivity index (χ0n) is 10.9. The number of ether oxygens (including phenoxy) is 1. The SMILES string of the molecule is COC(=O)c1nc2cccnn2c1-c1ccc(Cl)c(F)c1. The van der Waals surface area contributed by atoms with Crippen LogP contribution in [0.4, 0.5) is 4.39 Å². The molecule has 106 valence electrons. The molecule has 2 heterocycles. The van der Waals surface area contributed by atoms with Gasteiger partial charge in [-0.15, -0.1) is 0 Å². The first-order chi connectivity index (χ1) is 10.1. The Kier molecular flexibility index (Phi) is 3.31. The van der Waals surface area contributed by atoms with Crippen LogP contribution in [-0.2, 0) is 4.74 Å². The molecule has 0 atom stereocenters. The number of hydrogen-bond acceptors (Lipinski definition) is 4. The number of imidazole rings is 1. The first-order valence-corrected chi connectivity index (χ1v) is 6.37. The average Bonchev–Trinajstić information content (AvgIpc) is 2.88. The highest BCUT2D eigenvalue weighted by molar-refractivity contribution is 6.30. The highest BCUT2D eigenvalue weighted by atomic mass is 35.5. The third-order valence-electron chi connectivity index (χ3n) is 2.96. The zero-order chi connectivity index (χ0) is 15.0. The fourth-order valence-electron chi connectivity index (χ4n) is 2.03. The molecule has 1 aromatic carbocycles. The van der Waals surface area contributed by atoms with E-state index in [9.17, 15) is 9.18 Å². The fraction of sp³-hybridized carbons (Fsp3) is 0.0714. The van der Waals surface area contributed by atoms with Crippen LogP contribution >= 0.6 is 11.6 Å². The Bertz CT molecular complexity index is 847. The Balaban J connectivity index is 2.33. The van der Waals surface area contributed by atoms with E-state index < -0.39 is 11.8 Å². The molecule has 0 saturated carbocycles. The number of fused-ring (bicyclic) bond motifs is 1. The number of esters is 1. The number of hydrogen-bond donors (Lipinski definition) is 0. The topological polar surface area (TPSA) is 56.5 Å². The van der Waals surface area contributed by atoms with Crippen molar-refractivity contribution in [1.82, 2.24) is 14.6 Å². The number of benzene rings is 1. The molecule has 0 unspecified atom stereocenters. The van der Waals surface area contributed by atoms with Crippen molar-refractivity contribution >= 4 is 23.2 Å². The normalized spacial score (nSPS) is 10.8. The second kappa shape index (κ2) is 5.14. The zero-order valence-corrected chi connectivity index (χ0v) is 11.6. The van der Waals surface area contributed by atoms with Crippen molar-refractivity contribution < 1.29 is 13.9 Å². The third-order valence-corrected chi connectivity index (χ3v) is 3.27. The smallest absolute Gasteiger partial charge is 0.359 e. The number of aromatic nitrogens is 3. The van der Waals surface area contributed by atoms with Crippen molar-refractivity contribution in [1.29, 1.82) is 0 Å². The average molecular weight is 306 g/mol. The third kappa shape index (κ3) is 2.23. The molecule has 0 radical (unpaired) electrons. The summed E-state index contributed by atoms with van der Waals surface area (Å²) >= 11 is 5.69. The van der Waals surface area contributed by atoms with E-state index in [4.69, 9.17) is 16.3 Å². The van der Waals surface area contributed by atoms with Gasteiger partial charge in [0, 0.05) is 11.8 Å². The van der Waals surface area contributed by atoms with Gasteiger partial charge in [0.25, 0.3) is 0 Å². The Morgan fingerprint density at radius 1 is 1.38 bits per heavy atom. The molecule has 0 fully saturated rings. The summed E-state index contributed by atoms with van der Waals surface area (Å²) in [4.78, 5) is 16.1. The van der Waals surface area contributed by atoms with Crippen molar-refractivity contribution in [3.05, 3.63) is 53.1 Å². The molecule has 0 aliphatic heterocycles. The standard InChI is InChI=1S/C14H9ClFN3O2/c1-21-14(20)12-13(8-4-5-9(15)10(16)7-8)19-11(18-12)3-2-6-17-19/h2-7H,1H3. The lowest BCUT2D eigenvalue weighted by atomic mass is 10.1. The van der Waals surface area contributed by atoms with Crippen molar-refractivity contribution in [3.63, 3.8) is 0 Å². The second-order valence-corrected chi connectivity index (χ2v) is 4.63. The number of rotatable bonds is 2. The van der Waals surface area contributed by atoms with Gasteiger partial charge in [0.1, 0.15) is 11.5 Å². The van der Waals surface area contributed by atoms with Gasteiger partial charge in [0.05, 0.1) is 12.1 Å². The minimum absolute atomic E-state index is 0.000137. The number of methoxy groups -OCH3 is 1. The van der Waals surface area contributed by atoms with Crippen molar-refractivity contribution in [2.45, 2.75) is 0 Å². The molecule has 5 nitrogen and oxygen atoms in total. The van der Waals surface area contributed by atoms with Gasteiger partial charge in [-0.25, -0.2) is 18.7 Å². The Labute approximate surface area is 123 Å². The Hall–Kier alpha value is -2.47. The van der Waals surface area contributed by atoms with Gasteiger partial charge in [-0.05, 0) is 24.3 Å². The van der Waals surface area contributed by atoms with Crippen LogP contribution in [-0.4, -0.2) is 27.7 Å². The van der Waals surface area contributed by atoms with Crippen LogP contribution in [0.25, 0.3) is 16.9 Å². The van der Waals surface area contributed by atoms with E-state index in [1.165, 1.54) is 23.8 Å². The van der Waals surface area contributed by atoms with Crippen LogP contribution in [0.1, 0.15) is 10.5 Å². The van der Waals surface area contributed by atoms with Crippen molar-refractivity contribution in [2.75, 3.05) is 7.11 Å². The lowest BCUT2D eigenvalue weighted by Crippen LogP contribution is -2.04. The monoisotopic (exact) mass is 305 g/mol. The van der Waals surface area contributed by atoms with Gasteiger partial charge in [0.2, 0.25) is 0 Å². The predicted molar refractivity (Wildman–Crippen MR) is 74.7 cm³/mol. The molecule has 0 aliphatic rings. The fourth-order valence-corrected chi connectivity index (χ4v) is 2.15. The summed E-state index contributed by atoms with van der Waals surface area (Å²) in [5.74, 6) is -1.21. The maximum Gasteiger partial charge on any atom is 0.359 e. The molecular weight excluding hydrogens is 297 g/mol. The molecular formula is C14H9ClFN3O2. The molecule has 0 bridgehead atoms. The molecule has 7 heteroatoms. The van der Waals surface area contributed by atoms with Crippen LogP contribution < -0.4 is 0 Å². The van der Waals surface area contributed by atoms with Gasteiger partial charge < -0.3 is 4.74 Å². The van der Waals surface area contributed by atoms with E-state index in [1.807, 2.05) is 0 Å². The highest BCUT2D eigenvalue weighted by Gasteiger charge is 2.22. The summed E-state index contributed by atoms with van der Waals surface area (Å²) in [6.45, 7) is 0. The van der Waals surface area contributed by atoms with E-state index in [1.54, 1.807) is 24.4 Å². The number of carbonyl (C=O) groups is 1. The molecule has 2 aromatic heterocycles. The number of carbonyl (C=O) groups excluding carboxylic acids is 1. The van der Waals surface area contributed by atoms with E-state index >= 15 is 0 Å². The minimum Gasteiger partial charge on any atom is -0.464 e. The summed E-state index contributed by atoms with van der Waals surface area (Å²) in [6, 6.07) is 7.61. The lowest BCUT2D eigenvalue weighted by molar-refractivity contribution is 0.0595. The van der Waals surface area contributed by atoms with Crippen LogP contribution in [0.2, 0.25) is 5.02 Å². The first-order valence-electron chi connectivity index (χ1n) is 5.99. The largest absolute Gasteiger partial charge is 0.464 e. The van der Waals surface area contributed by atoms with E-state index in [0.717, 1.165) is 0 Å². The number of halogens is 2. The van der Waals surface area contributed by atoms with Crippen LogP contribution in [0.5, 0.6) is 0 Å². The van der Waals surface area contributed by atoms with Crippen LogP contribution in [0.15, 0.2) is 36.5 Å². The Morgan fingerprint density at radius 3 is 2.90 bits per heavy atom. The minimum atomic E-state index is -0.620. The highest BCUT2D eigenvalue weighted by Crippen LogP contribution is 2.28. The summed E-state index contributed by atoms with van der Waals surface area (Å²) in [7, 11) is 1.26. The van der Waals surface area contributed by atoms with E-state index in [2.05, 4.69) is 10.1 Å². The molecule has 0 saturated heterocycles. The summed E-state index contributed by atoms with van der Waals surface area (Å²) in [6.07, 6.45) is 1.55. The van der Waals surface area contributed by atoms with Gasteiger partial charge in [0.15, 0.2) is 11.3 Å². The second-order valence-electron chi connectivity index (χ2n) is 4.22. The van der Waals surface area contributed by atoms with Crippen LogP contribution in [0.3, 0.4) is 0 Å². The molecule has 3 aromatic rings. The Morgan fingerprint density at radius 2 is 2.19 bits per heavy atom. The molecule has 3 rings (SSSR count). The summed E-state index contributed by atoms with van der Waals surface area (Å²) in [5.41, 5.74) is 1.32. The molecule has 0 N–H and O–H groups in total. The summed E-state index contributed by atoms with van der Waals surface area (Å²) in [5, 5.41) is 4.14. The van der Waals surface area contributed by atoms with Crippen molar-refractivity contribution in [2.24, 2.45) is 0 Å². The van der Waals surface area contributed by atoms with E-state index in [0.29, 0.717) is 16.9 Å². The van der Waals surface area contributed by atoms with Crippen LogP contribution in [0, 0.1) is 5.82 Å². The van der Waals surface area contributed by atoms with Gasteiger partial charge in [-0.1, -0.05) is 17.7 Å². The molecule has 0 aliphatic carbocycles. The maximum atomic E-state index is 13.7. The maximum absolute atomic E-state index is 13.7. The van der Waals surface area contributed by atoms with E-state index in [-0.39, 0.29) is 10.7 Å². The van der Waals surface area contributed by atoms with Gasteiger partial charge in [-0.2, -0.15) is 5.10 Å². The predicted octanol–water partition coefficient (Wildman–Crippen LogP) is 2.98. The molecule has 0 spiro atoms.